The van der Waals surface area contributed by atoms with E-state index in [0.717, 1.165) is 22.3 Å². The van der Waals surface area contributed by atoms with Gasteiger partial charge in [0, 0.05) is 36.9 Å². The van der Waals surface area contributed by atoms with Crippen LogP contribution in [0.25, 0.3) is 22.2 Å². The van der Waals surface area contributed by atoms with Crippen molar-refractivity contribution in [3.05, 3.63) is 71.9 Å². The fraction of sp³-hybridized carbons (Fsp3) is 0.150. The highest BCUT2D eigenvalue weighted by atomic mass is 16.5. The fourth-order valence-corrected chi connectivity index (χ4v) is 2.97. The van der Waals surface area contributed by atoms with E-state index in [1.807, 2.05) is 19.4 Å². The smallest absolute Gasteiger partial charge is 0.356 e. The van der Waals surface area contributed by atoms with Crippen LogP contribution in [0.15, 0.2) is 59.5 Å². The lowest BCUT2D eigenvalue weighted by atomic mass is 10.0. The molecule has 0 bridgehead atoms. The highest BCUT2D eigenvalue weighted by Crippen LogP contribution is 2.24. The molecule has 0 aliphatic rings. The second-order valence-electron chi connectivity index (χ2n) is 6.07. The van der Waals surface area contributed by atoms with Gasteiger partial charge in [-0.15, -0.1) is 0 Å². The minimum atomic E-state index is -0.457. The van der Waals surface area contributed by atoms with Crippen molar-refractivity contribution in [2.75, 3.05) is 7.11 Å². The number of esters is 1. The SMILES string of the molecule is COC(=O)c1cc(Cc2ccc(-c3cnn(C)c3)cc2)c2occc2n1. The maximum absolute atomic E-state index is 11.9. The standard InChI is InChI=1S/C20H17N3O3/c1-23-12-16(11-21-23)14-5-3-13(4-6-14)9-15-10-18(20(24)25-2)22-17-7-8-26-19(15)17/h3-8,10-12H,9H2,1-2H3. The van der Waals surface area contributed by atoms with Gasteiger partial charge in [-0.3, -0.25) is 4.68 Å². The van der Waals surface area contributed by atoms with Crippen LogP contribution in [0.5, 0.6) is 0 Å². The molecule has 3 aromatic heterocycles. The van der Waals surface area contributed by atoms with E-state index in [9.17, 15) is 4.79 Å². The molecule has 4 rings (SSSR count). The Hall–Kier alpha value is -3.41. The predicted octanol–water partition coefficient (Wildman–Crippen LogP) is 3.61. The first kappa shape index (κ1) is 16.1. The molecule has 0 aliphatic carbocycles. The van der Waals surface area contributed by atoms with Gasteiger partial charge in [0.1, 0.15) is 11.2 Å². The van der Waals surface area contributed by atoms with Gasteiger partial charge in [0.15, 0.2) is 5.58 Å². The maximum Gasteiger partial charge on any atom is 0.356 e. The van der Waals surface area contributed by atoms with Crippen molar-refractivity contribution < 1.29 is 13.9 Å². The molecule has 1 aromatic carbocycles. The van der Waals surface area contributed by atoms with Gasteiger partial charge in [-0.1, -0.05) is 24.3 Å². The van der Waals surface area contributed by atoms with Crippen molar-refractivity contribution >= 4 is 17.1 Å². The van der Waals surface area contributed by atoms with E-state index >= 15 is 0 Å². The molecular weight excluding hydrogens is 330 g/mol. The summed E-state index contributed by atoms with van der Waals surface area (Å²) >= 11 is 0. The number of ether oxygens (including phenoxy) is 1. The van der Waals surface area contributed by atoms with E-state index in [0.29, 0.717) is 17.5 Å². The molecule has 0 saturated carbocycles. The molecule has 6 nitrogen and oxygen atoms in total. The number of aromatic nitrogens is 3. The van der Waals surface area contributed by atoms with Crippen LogP contribution >= 0.6 is 0 Å². The van der Waals surface area contributed by atoms with Gasteiger partial charge >= 0.3 is 5.97 Å². The van der Waals surface area contributed by atoms with Gasteiger partial charge in [0.05, 0.1) is 19.6 Å². The summed E-state index contributed by atoms with van der Waals surface area (Å²) in [5.41, 5.74) is 5.80. The van der Waals surface area contributed by atoms with Crippen molar-refractivity contribution in [2.24, 2.45) is 7.05 Å². The third kappa shape index (κ3) is 2.97. The minimum absolute atomic E-state index is 0.281. The summed E-state index contributed by atoms with van der Waals surface area (Å²) < 4.78 is 12.1. The number of carbonyl (C=O) groups excluding carboxylic acids is 1. The van der Waals surface area contributed by atoms with Crippen LogP contribution in [0, 0.1) is 0 Å². The first-order valence-corrected chi connectivity index (χ1v) is 8.17. The lowest BCUT2D eigenvalue weighted by molar-refractivity contribution is 0.0594. The molecule has 0 N–H and O–H groups in total. The van der Waals surface area contributed by atoms with Crippen molar-refractivity contribution in [2.45, 2.75) is 6.42 Å². The van der Waals surface area contributed by atoms with Gasteiger partial charge in [-0.05, 0) is 17.2 Å². The Labute approximate surface area is 150 Å². The topological polar surface area (TPSA) is 70.2 Å². The van der Waals surface area contributed by atoms with Crippen molar-refractivity contribution in [3.8, 4) is 11.1 Å². The number of furan rings is 1. The number of fused-ring (bicyclic) bond motifs is 1. The van der Waals surface area contributed by atoms with Crippen molar-refractivity contribution in [1.82, 2.24) is 14.8 Å². The highest BCUT2D eigenvalue weighted by Gasteiger charge is 2.15. The molecular formula is C20H17N3O3. The molecule has 0 unspecified atom stereocenters. The third-order valence-corrected chi connectivity index (χ3v) is 4.27. The summed E-state index contributed by atoms with van der Waals surface area (Å²) in [6, 6.07) is 11.7. The Kier molecular flexibility index (Phi) is 4.01. The second-order valence-corrected chi connectivity index (χ2v) is 6.07. The number of rotatable bonds is 4. The summed E-state index contributed by atoms with van der Waals surface area (Å²) in [4.78, 5) is 16.2. The quantitative estimate of drug-likeness (QED) is 0.528. The van der Waals surface area contributed by atoms with Crippen molar-refractivity contribution in [1.29, 1.82) is 0 Å². The Bertz CT molecular complexity index is 1080. The van der Waals surface area contributed by atoms with E-state index < -0.39 is 5.97 Å². The zero-order valence-corrected chi connectivity index (χ0v) is 14.5. The number of methoxy groups -OCH3 is 1. The molecule has 4 aromatic rings. The zero-order chi connectivity index (χ0) is 18.1. The third-order valence-electron chi connectivity index (χ3n) is 4.27. The molecule has 26 heavy (non-hydrogen) atoms. The number of aryl methyl sites for hydroxylation is 1. The fourth-order valence-electron chi connectivity index (χ4n) is 2.97. The predicted molar refractivity (Wildman–Crippen MR) is 96.8 cm³/mol. The molecule has 6 heteroatoms. The molecule has 0 spiro atoms. The van der Waals surface area contributed by atoms with Crippen LogP contribution in [0.2, 0.25) is 0 Å². The number of nitrogens with zero attached hydrogens (tertiary/aromatic N) is 3. The van der Waals surface area contributed by atoms with E-state index in [4.69, 9.17) is 9.15 Å². The molecule has 0 saturated heterocycles. The molecule has 0 aliphatic heterocycles. The Morgan fingerprint density at radius 1 is 1.19 bits per heavy atom. The molecule has 0 radical (unpaired) electrons. The van der Waals surface area contributed by atoms with Gasteiger partial charge in [-0.2, -0.15) is 5.10 Å². The molecule has 0 fully saturated rings. The molecule has 0 atom stereocenters. The minimum Gasteiger partial charge on any atom is -0.464 e. The summed E-state index contributed by atoms with van der Waals surface area (Å²) in [7, 11) is 3.25. The van der Waals surface area contributed by atoms with Gasteiger partial charge in [0.25, 0.3) is 0 Å². The molecule has 130 valence electrons. The number of carbonyl (C=O) groups is 1. The van der Waals surface area contributed by atoms with Crippen molar-refractivity contribution in [3.63, 3.8) is 0 Å². The molecule has 3 heterocycles. The second kappa shape index (κ2) is 6.48. The Morgan fingerprint density at radius 3 is 2.69 bits per heavy atom. The average molecular weight is 347 g/mol. The van der Waals surface area contributed by atoms with Crippen LogP contribution in [-0.4, -0.2) is 27.8 Å². The van der Waals surface area contributed by atoms with Gasteiger partial charge < -0.3 is 9.15 Å². The van der Waals surface area contributed by atoms with E-state index in [1.54, 1.807) is 23.1 Å². The van der Waals surface area contributed by atoms with Crippen LogP contribution in [0.3, 0.4) is 0 Å². The lowest BCUT2D eigenvalue weighted by Crippen LogP contribution is -2.05. The Morgan fingerprint density at radius 2 is 2.00 bits per heavy atom. The largest absolute Gasteiger partial charge is 0.464 e. The first-order valence-electron chi connectivity index (χ1n) is 8.17. The van der Waals surface area contributed by atoms with E-state index in [-0.39, 0.29) is 5.69 Å². The summed E-state index contributed by atoms with van der Waals surface area (Å²) in [5.74, 6) is -0.457. The van der Waals surface area contributed by atoms with Crippen LogP contribution in [0.1, 0.15) is 21.6 Å². The van der Waals surface area contributed by atoms with E-state index in [1.165, 1.54) is 7.11 Å². The average Bonchev–Trinajstić information content (AvgIpc) is 3.30. The van der Waals surface area contributed by atoms with Gasteiger partial charge in [-0.25, -0.2) is 9.78 Å². The number of benzene rings is 1. The maximum atomic E-state index is 11.9. The number of hydrogen-bond donors (Lipinski definition) is 0. The van der Waals surface area contributed by atoms with Crippen LogP contribution in [0.4, 0.5) is 0 Å². The summed E-state index contributed by atoms with van der Waals surface area (Å²) in [6.45, 7) is 0. The summed E-state index contributed by atoms with van der Waals surface area (Å²) in [6.07, 6.45) is 6.03. The van der Waals surface area contributed by atoms with Gasteiger partial charge in [0.2, 0.25) is 0 Å². The zero-order valence-electron chi connectivity index (χ0n) is 14.5. The highest BCUT2D eigenvalue weighted by molar-refractivity contribution is 5.91. The normalized spacial score (nSPS) is 11.0. The van der Waals surface area contributed by atoms with Crippen LogP contribution in [-0.2, 0) is 18.2 Å². The van der Waals surface area contributed by atoms with E-state index in [2.05, 4.69) is 34.3 Å². The first-order chi connectivity index (χ1) is 12.6. The number of pyridine rings is 1. The van der Waals surface area contributed by atoms with Crippen LogP contribution < -0.4 is 0 Å². The molecule has 0 amide bonds. The Balaban J connectivity index is 1.66. The monoisotopic (exact) mass is 347 g/mol. The summed E-state index contributed by atoms with van der Waals surface area (Å²) in [5, 5.41) is 4.20. The lowest BCUT2D eigenvalue weighted by Gasteiger charge is -2.06. The number of hydrogen-bond acceptors (Lipinski definition) is 5.